The van der Waals surface area contributed by atoms with Crippen molar-refractivity contribution >= 4 is 33.3 Å². The molecule has 1 aromatic heterocycles. The fraction of sp³-hybridized carbons (Fsp3) is 0.0370. The predicted octanol–water partition coefficient (Wildman–Crippen LogP) is 14.9. The monoisotopic (exact) mass is 745 g/mol. The number of ether oxygens (including phenoxy) is 2. The first-order valence-corrected chi connectivity index (χ1v) is 19.8. The van der Waals surface area contributed by atoms with Crippen LogP contribution in [0.3, 0.4) is 0 Å². The van der Waals surface area contributed by atoms with Crippen molar-refractivity contribution in [1.82, 2.24) is 0 Å². The molecule has 1 aliphatic carbocycles. The van der Waals surface area contributed by atoms with Crippen molar-refractivity contribution in [1.29, 1.82) is 0 Å². The number of allylic oxidation sites excluding steroid dienone is 2. The topological polar surface area (TPSA) is 34.8 Å². The Hall–Kier alpha value is -7.56. The fourth-order valence-electron chi connectivity index (χ4n) is 9.34. The molecule has 274 valence electrons. The van der Waals surface area contributed by atoms with E-state index in [0.29, 0.717) is 0 Å². The second kappa shape index (κ2) is 13.0. The van der Waals surface area contributed by atoms with E-state index < -0.39 is 0 Å². The summed E-state index contributed by atoms with van der Waals surface area (Å²) in [6.45, 7) is 0. The van der Waals surface area contributed by atoms with Crippen LogP contribution in [-0.4, -0.2) is 6.04 Å². The Labute approximate surface area is 336 Å². The molecule has 58 heavy (non-hydrogen) atoms. The lowest BCUT2D eigenvalue weighted by molar-refractivity contribution is 0.472. The van der Waals surface area contributed by atoms with Crippen LogP contribution in [0.15, 0.2) is 205 Å². The molecule has 0 fully saturated rings. The first-order valence-electron chi connectivity index (χ1n) is 19.8. The average molecular weight is 746 g/mol. The lowest BCUT2D eigenvalue weighted by Gasteiger charge is -2.28. The van der Waals surface area contributed by atoms with Gasteiger partial charge in [0, 0.05) is 50.3 Å². The summed E-state index contributed by atoms with van der Waals surface area (Å²) in [5.41, 5.74) is 13.7. The van der Waals surface area contributed by atoms with Crippen LogP contribution < -0.4 is 14.4 Å². The van der Waals surface area contributed by atoms with E-state index in [4.69, 9.17) is 13.9 Å². The molecule has 4 heteroatoms. The zero-order valence-corrected chi connectivity index (χ0v) is 31.4. The Morgan fingerprint density at radius 1 is 0.414 bits per heavy atom. The van der Waals surface area contributed by atoms with Gasteiger partial charge in [-0.2, -0.15) is 0 Å². The first-order chi connectivity index (χ1) is 28.8. The summed E-state index contributed by atoms with van der Waals surface area (Å²) in [7, 11) is 0. The smallest absolute Gasteiger partial charge is 0.136 e. The van der Waals surface area contributed by atoms with Crippen molar-refractivity contribution in [2.75, 3.05) is 4.90 Å². The highest BCUT2D eigenvalue weighted by Crippen LogP contribution is 2.53. The van der Waals surface area contributed by atoms with Gasteiger partial charge in [0.2, 0.25) is 0 Å². The maximum Gasteiger partial charge on any atom is 0.136 e. The van der Waals surface area contributed by atoms with Gasteiger partial charge >= 0.3 is 0 Å². The summed E-state index contributed by atoms with van der Waals surface area (Å²) >= 11 is 0. The lowest BCUT2D eigenvalue weighted by atomic mass is 9.86. The Balaban J connectivity index is 1.06. The molecule has 9 aromatic rings. The summed E-state index contributed by atoms with van der Waals surface area (Å²) < 4.78 is 20.5. The van der Waals surface area contributed by atoms with Crippen LogP contribution in [-0.2, 0) is 0 Å². The highest BCUT2D eigenvalue weighted by molar-refractivity contribution is 6.12. The van der Waals surface area contributed by atoms with Crippen LogP contribution in [0, 0.1) is 0 Å². The van der Waals surface area contributed by atoms with E-state index in [9.17, 15) is 0 Å². The third-order valence-corrected chi connectivity index (χ3v) is 11.9. The number of hydrogen-bond acceptors (Lipinski definition) is 4. The van der Waals surface area contributed by atoms with Crippen molar-refractivity contribution in [2.24, 2.45) is 0 Å². The molecular weight excluding hydrogens is 711 g/mol. The first kappa shape index (κ1) is 32.7. The molecule has 0 saturated carbocycles. The summed E-state index contributed by atoms with van der Waals surface area (Å²) in [4.78, 5) is 2.48. The van der Waals surface area contributed by atoms with Gasteiger partial charge in [-0.05, 0) is 94.5 Å². The zero-order chi connectivity index (χ0) is 38.2. The minimum Gasteiger partial charge on any atom is -0.456 e. The van der Waals surface area contributed by atoms with E-state index >= 15 is 0 Å². The molecule has 2 atom stereocenters. The number of furan rings is 1. The minimum absolute atomic E-state index is 0.187. The molecule has 0 radical (unpaired) electrons. The second-order valence-corrected chi connectivity index (χ2v) is 15.1. The third kappa shape index (κ3) is 5.08. The summed E-state index contributed by atoms with van der Waals surface area (Å²) in [5.74, 6) is 3.23. The molecule has 12 rings (SSSR count). The molecule has 0 bridgehead atoms. The maximum atomic E-state index is 7.12. The largest absolute Gasteiger partial charge is 0.456 e. The van der Waals surface area contributed by atoms with E-state index in [1.807, 2.05) is 42.5 Å². The van der Waals surface area contributed by atoms with E-state index in [1.165, 1.54) is 22.5 Å². The molecule has 3 aliphatic rings. The van der Waals surface area contributed by atoms with Crippen molar-refractivity contribution in [3.05, 3.63) is 206 Å². The molecule has 8 aromatic carbocycles. The summed E-state index contributed by atoms with van der Waals surface area (Å²) in [6, 6.07) is 61.7. The molecule has 2 aliphatic heterocycles. The second-order valence-electron chi connectivity index (χ2n) is 15.1. The zero-order valence-electron chi connectivity index (χ0n) is 31.4. The van der Waals surface area contributed by atoms with Gasteiger partial charge in [-0.1, -0.05) is 133 Å². The SMILES string of the molecule is C1=CC2c3c(-c4ccc5c(c4)Oc4ccccc4-c4ccccc4Oc4cc(-c6cccc7oc8ccccc8c67)ccc4-5)cccc3N(c3ccccc3)C2C=C1. The van der Waals surface area contributed by atoms with Gasteiger partial charge < -0.3 is 18.8 Å². The number of rotatable bonds is 3. The summed E-state index contributed by atoms with van der Waals surface area (Å²) in [6.07, 6.45) is 9.03. The number of fused-ring (bicyclic) bond motifs is 12. The van der Waals surface area contributed by atoms with Crippen molar-refractivity contribution in [3.8, 4) is 67.5 Å². The number of para-hydroxylation sites is 4. The Bertz CT molecular complexity index is 3150. The quantitative estimate of drug-likeness (QED) is 0.180. The molecule has 0 spiro atoms. The van der Waals surface area contributed by atoms with Crippen LogP contribution >= 0.6 is 0 Å². The molecule has 2 unspecified atom stereocenters. The number of hydrogen-bond donors (Lipinski definition) is 0. The van der Waals surface area contributed by atoms with Gasteiger partial charge in [-0.15, -0.1) is 0 Å². The molecule has 3 heterocycles. The van der Waals surface area contributed by atoms with E-state index in [1.54, 1.807) is 0 Å². The number of nitrogens with zero attached hydrogens (tertiary/aromatic N) is 1. The van der Waals surface area contributed by atoms with Gasteiger partial charge in [-0.25, -0.2) is 0 Å². The Morgan fingerprint density at radius 2 is 0.983 bits per heavy atom. The van der Waals surface area contributed by atoms with Crippen molar-refractivity contribution in [3.63, 3.8) is 0 Å². The van der Waals surface area contributed by atoms with Gasteiger partial charge in [-0.3, -0.25) is 0 Å². The van der Waals surface area contributed by atoms with Gasteiger partial charge in [0.1, 0.15) is 34.2 Å². The number of benzene rings is 8. The lowest BCUT2D eigenvalue weighted by Crippen LogP contribution is -2.28. The average Bonchev–Trinajstić information content (AvgIpc) is 3.83. The standard InChI is InChI=1S/C54H35NO3/c1-2-14-36(15-3-1)55-45-22-8-4-18-43(45)53-37(20-12-23-46(53)55)34-28-30-41-42-31-29-35(38-21-13-27-50-54(38)44-19-7-11-26-49(44)56-50)33-52(42)58-48-25-10-6-17-40(48)39-16-5-9-24-47(39)57-51(41)32-34/h1-33,43,45H. The van der Waals surface area contributed by atoms with Gasteiger partial charge in [0.25, 0.3) is 0 Å². The van der Waals surface area contributed by atoms with Gasteiger partial charge in [0.05, 0.1) is 6.04 Å². The molecule has 0 N–H and O–H groups in total. The molecule has 4 nitrogen and oxygen atoms in total. The Morgan fingerprint density at radius 3 is 1.74 bits per heavy atom. The van der Waals surface area contributed by atoms with E-state index in [0.717, 1.165) is 83.9 Å². The van der Waals surface area contributed by atoms with Crippen LogP contribution in [0.5, 0.6) is 23.0 Å². The summed E-state index contributed by atoms with van der Waals surface area (Å²) in [5, 5.41) is 2.18. The molecular formula is C54H35NO3. The predicted molar refractivity (Wildman–Crippen MR) is 235 cm³/mol. The highest BCUT2D eigenvalue weighted by atomic mass is 16.5. The maximum absolute atomic E-state index is 7.12. The minimum atomic E-state index is 0.187. The van der Waals surface area contributed by atoms with Crippen molar-refractivity contribution < 1.29 is 13.9 Å². The normalized spacial score (nSPS) is 16.0. The van der Waals surface area contributed by atoms with E-state index in [2.05, 4.69) is 163 Å². The van der Waals surface area contributed by atoms with Crippen LogP contribution in [0.1, 0.15) is 11.5 Å². The van der Waals surface area contributed by atoms with Crippen LogP contribution in [0.4, 0.5) is 11.4 Å². The van der Waals surface area contributed by atoms with E-state index in [-0.39, 0.29) is 12.0 Å². The Kier molecular flexibility index (Phi) is 7.32. The third-order valence-electron chi connectivity index (χ3n) is 11.9. The van der Waals surface area contributed by atoms with Crippen LogP contribution in [0.2, 0.25) is 0 Å². The highest BCUT2D eigenvalue weighted by Gasteiger charge is 2.39. The number of anilines is 2. The van der Waals surface area contributed by atoms with Crippen LogP contribution in [0.25, 0.3) is 66.4 Å². The van der Waals surface area contributed by atoms with Crippen molar-refractivity contribution in [2.45, 2.75) is 12.0 Å². The fourth-order valence-corrected chi connectivity index (χ4v) is 9.34. The molecule has 0 amide bonds. The molecule has 0 saturated heterocycles. The van der Waals surface area contributed by atoms with Gasteiger partial charge in [0.15, 0.2) is 0 Å².